The van der Waals surface area contributed by atoms with Crippen LogP contribution in [0.4, 0.5) is 11.4 Å². The second-order valence-electron chi connectivity index (χ2n) is 8.46. The molecule has 166 valence electrons. The van der Waals surface area contributed by atoms with Crippen molar-refractivity contribution in [1.82, 2.24) is 5.32 Å². The summed E-state index contributed by atoms with van der Waals surface area (Å²) in [5, 5.41) is 5.99. The molecule has 5 nitrogen and oxygen atoms in total. The average molecular weight is 430 g/mol. The first-order valence-electron chi connectivity index (χ1n) is 10.8. The SMILES string of the molecule is CC(C)C(=O)Nc1ccc(N(C)C)c(C(=O)NC(C)c2cccc(-c3ccccc3)c2)c1. The van der Waals surface area contributed by atoms with E-state index in [0.717, 1.165) is 22.4 Å². The van der Waals surface area contributed by atoms with E-state index in [2.05, 4.69) is 34.9 Å². The Bertz CT molecular complexity index is 1090. The number of rotatable bonds is 7. The maximum absolute atomic E-state index is 13.2. The molecular formula is C27H31N3O2. The molecule has 1 unspecified atom stereocenters. The van der Waals surface area contributed by atoms with Crippen LogP contribution in [-0.4, -0.2) is 25.9 Å². The number of carbonyl (C=O) groups excluding carboxylic acids is 2. The van der Waals surface area contributed by atoms with Gasteiger partial charge < -0.3 is 15.5 Å². The van der Waals surface area contributed by atoms with Crippen LogP contribution in [0.3, 0.4) is 0 Å². The minimum Gasteiger partial charge on any atom is -0.377 e. The number of anilines is 2. The van der Waals surface area contributed by atoms with Crippen LogP contribution >= 0.6 is 0 Å². The molecule has 0 aromatic heterocycles. The number of amides is 2. The van der Waals surface area contributed by atoms with Crippen LogP contribution in [0.5, 0.6) is 0 Å². The van der Waals surface area contributed by atoms with Crippen molar-refractivity contribution in [3.8, 4) is 11.1 Å². The lowest BCUT2D eigenvalue weighted by atomic mass is 10.00. The average Bonchev–Trinajstić information content (AvgIpc) is 2.79. The van der Waals surface area contributed by atoms with E-state index in [1.54, 1.807) is 6.07 Å². The quantitative estimate of drug-likeness (QED) is 0.521. The Morgan fingerprint density at radius 2 is 1.50 bits per heavy atom. The minimum atomic E-state index is -0.188. The molecule has 3 rings (SSSR count). The van der Waals surface area contributed by atoms with Crippen molar-refractivity contribution in [2.75, 3.05) is 24.3 Å². The lowest BCUT2D eigenvalue weighted by Crippen LogP contribution is -2.28. The van der Waals surface area contributed by atoms with Gasteiger partial charge in [-0.2, -0.15) is 0 Å². The van der Waals surface area contributed by atoms with Gasteiger partial charge in [0.15, 0.2) is 0 Å². The van der Waals surface area contributed by atoms with E-state index in [4.69, 9.17) is 0 Å². The first-order chi connectivity index (χ1) is 15.3. The summed E-state index contributed by atoms with van der Waals surface area (Å²) in [6.45, 7) is 5.65. The monoisotopic (exact) mass is 429 g/mol. The fraction of sp³-hybridized carbons (Fsp3) is 0.259. The van der Waals surface area contributed by atoms with E-state index in [0.29, 0.717) is 11.3 Å². The highest BCUT2D eigenvalue weighted by Gasteiger charge is 2.18. The van der Waals surface area contributed by atoms with Crippen LogP contribution in [-0.2, 0) is 4.79 Å². The molecule has 0 saturated heterocycles. The summed E-state index contributed by atoms with van der Waals surface area (Å²) in [6.07, 6.45) is 0. The van der Waals surface area contributed by atoms with Crippen molar-refractivity contribution in [2.45, 2.75) is 26.8 Å². The predicted octanol–water partition coefficient (Wildman–Crippen LogP) is 5.51. The van der Waals surface area contributed by atoms with Gasteiger partial charge in [-0.3, -0.25) is 9.59 Å². The van der Waals surface area contributed by atoms with Gasteiger partial charge >= 0.3 is 0 Å². The lowest BCUT2D eigenvalue weighted by Gasteiger charge is -2.21. The number of benzene rings is 3. The molecule has 0 aliphatic carbocycles. The third-order valence-electron chi connectivity index (χ3n) is 5.36. The zero-order valence-electron chi connectivity index (χ0n) is 19.3. The van der Waals surface area contributed by atoms with Crippen molar-refractivity contribution >= 4 is 23.2 Å². The number of hydrogen-bond donors (Lipinski definition) is 2. The molecule has 0 radical (unpaired) electrons. The third kappa shape index (κ3) is 5.55. The lowest BCUT2D eigenvalue weighted by molar-refractivity contribution is -0.118. The normalized spacial score (nSPS) is 11.7. The van der Waals surface area contributed by atoms with Crippen LogP contribution in [0.25, 0.3) is 11.1 Å². The van der Waals surface area contributed by atoms with Crippen molar-refractivity contribution in [1.29, 1.82) is 0 Å². The van der Waals surface area contributed by atoms with Gasteiger partial charge in [0.05, 0.1) is 11.6 Å². The Morgan fingerprint density at radius 1 is 0.812 bits per heavy atom. The summed E-state index contributed by atoms with van der Waals surface area (Å²) >= 11 is 0. The largest absolute Gasteiger partial charge is 0.377 e. The molecule has 0 saturated carbocycles. The Hall–Kier alpha value is -3.60. The minimum absolute atomic E-state index is 0.0833. The molecule has 1 atom stereocenters. The standard InChI is InChI=1S/C27H31N3O2/c1-18(2)26(31)29-23-14-15-25(30(4)5)24(17-23)27(32)28-19(3)21-12-9-13-22(16-21)20-10-7-6-8-11-20/h6-19H,1-5H3,(H,28,32)(H,29,31). The molecule has 3 aromatic rings. The maximum atomic E-state index is 13.2. The van der Waals surface area contributed by atoms with Crippen molar-refractivity contribution in [3.05, 3.63) is 83.9 Å². The molecule has 0 heterocycles. The molecule has 32 heavy (non-hydrogen) atoms. The molecular weight excluding hydrogens is 398 g/mol. The van der Waals surface area contributed by atoms with Crippen LogP contribution in [0.2, 0.25) is 0 Å². The molecule has 2 amide bonds. The summed E-state index contributed by atoms with van der Waals surface area (Å²) in [5.41, 5.74) is 5.18. The van der Waals surface area contributed by atoms with Crippen molar-refractivity contribution in [3.63, 3.8) is 0 Å². The number of nitrogens with one attached hydrogen (secondary N) is 2. The van der Waals surface area contributed by atoms with E-state index in [9.17, 15) is 9.59 Å². The molecule has 0 spiro atoms. The summed E-state index contributed by atoms with van der Waals surface area (Å²) in [5.74, 6) is -0.412. The van der Waals surface area contributed by atoms with E-state index in [1.807, 2.05) is 82.2 Å². The third-order valence-corrected chi connectivity index (χ3v) is 5.36. The highest BCUT2D eigenvalue weighted by Crippen LogP contribution is 2.26. The van der Waals surface area contributed by atoms with Gasteiger partial charge in [0.2, 0.25) is 5.91 Å². The molecule has 0 fully saturated rings. The van der Waals surface area contributed by atoms with Crippen molar-refractivity contribution < 1.29 is 9.59 Å². The van der Waals surface area contributed by atoms with E-state index >= 15 is 0 Å². The molecule has 2 N–H and O–H groups in total. The Morgan fingerprint density at radius 3 is 2.16 bits per heavy atom. The highest BCUT2D eigenvalue weighted by atomic mass is 16.2. The summed E-state index contributed by atoms with van der Waals surface area (Å²) < 4.78 is 0. The predicted molar refractivity (Wildman–Crippen MR) is 132 cm³/mol. The van der Waals surface area contributed by atoms with Gasteiger partial charge in [0.25, 0.3) is 5.91 Å². The van der Waals surface area contributed by atoms with Crippen LogP contribution in [0.15, 0.2) is 72.8 Å². The van der Waals surface area contributed by atoms with Crippen LogP contribution in [0, 0.1) is 5.92 Å². The maximum Gasteiger partial charge on any atom is 0.253 e. The number of hydrogen-bond acceptors (Lipinski definition) is 3. The first-order valence-corrected chi connectivity index (χ1v) is 10.8. The van der Waals surface area contributed by atoms with Crippen LogP contribution < -0.4 is 15.5 Å². The van der Waals surface area contributed by atoms with Gasteiger partial charge in [-0.05, 0) is 47.9 Å². The Balaban J connectivity index is 1.83. The Kier molecular flexibility index (Phi) is 7.31. The van der Waals surface area contributed by atoms with Gasteiger partial charge in [0, 0.05) is 31.4 Å². The van der Waals surface area contributed by atoms with E-state index in [1.165, 1.54) is 0 Å². The first kappa shape index (κ1) is 23.1. The smallest absolute Gasteiger partial charge is 0.253 e. The fourth-order valence-corrected chi connectivity index (χ4v) is 3.45. The Labute approximate surface area is 190 Å². The van der Waals surface area contributed by atoms with E-state index in [-0.39, 0.29) is 23.8 Å². The molecule has 0 bridgehead atoms. The molecule has 0 aliphatic rings. The van der Waals surface area contributed by atoms with Gasteiger partial charge in [-0.25, -0.2) is 0 Å². The zero-order chi connectivity index (χ0) is 23.3. The number of carbonyl (C=O) groups is 2. The van der Waals surface area contributed by atoms with Gasteiger partial charge in [-0.1, -0.05) is 62.4 Å². The number of nitrogens with zero attached hydrogens (tertiary/aromatic N) is 1. The van der Waals surface area contributed by atoms with Gasteiger partial charge in [-0.15, -0.1) is 0 Å². The highest BCUT2D eigenvalue weighted by molar-refractivity contribution is 6.02. The zero-order valence-corrected chi connectivity index (χ0v) is 19.3. The molecule has 5 heteroatoms. The summed E-state index contributed by atoms with van der Waals surface area (Å²) in [6, 6.07) is 23.6. The summed E-state index contributed by atoms with van der Waals surface area (Å²) in [4.78, 5) is 27.2. The molecule has 3 aromatic carbocycles. The van der Waals surface area contributed by atoms with E-state index < -0.39 is 0 Å². The van der Waals surface area contributed by atoms with Gasteiger partial charge in [0.1, 0.15) is 0 Å². The van der Waals surface area contributed by atoms with Crippen LogP contribution in [0.1, 0.15) is 42.7 Å². The summed E-state index contributed by atoms with van der Waals surface area (Å²) in [7, 11) is 3.79. The second kappa shape index (κ2) is 10.1. The molecule has 0 aliphatic heterocycles. The fourth-order valence-electron chi connectivity index (χ4n) is 3.45. The topological polar surface area (TPSA) is 61.4 Å². The second-order valence-corrected chi connectivity index (χ2v) is 8.46. The van der Waals surface area contributed by atoms with Crippen molar-refractivity contribution in [2.24, 2.45) is 5.92 Å².